The molecule has 0 unspecified atom stereocenters. The second-order valence-corrected chi connectivity index (χ2v) is 6.20. The topological polar surface area (TPSA) is 59.0 Å². The van der Waals surface area contributed by atoms with Crippen molar-refractivity contribution in [2.75, 3.05) is 14.2 Å². The standard InChI is InChI=1S/C20H23NO4/c1-24-16-8-6-15(7-9-16)20(23)18-10-11-19(22)21(18)13-14-4-3-5-17(12-14)25-2/h3-9,12,18,20,23H,10-11,13H2,1-2H3/t18-,20-/m1/s1. The number of hydrogen-bond donors (Lipinski definition) is 1. The Balaban J connectivity index is 1.78. The number of benzene rings is 2. The van der Waals surface area contributed by atoms with Gasteiger partial charge in [-0.05, 0) is 41.8 Å². The summed E-state index contributed by atoms with van der Waals surface area (Å²) < 4.78 is 10.4. The van der Waals surface area contributed by atoms with Crippen molar-refractivity contribution in [2.24, 2.45) is 0 Å². The largest absolute Gasteiger partial charge is 0.497 e. The Morgan fingerprint density at radius 3 is 2.52 bits per heavy atom. The highest BCUT2D eigenvalue weighted by Gasteiger charge is 2.36. The number of ether oxygens (including phenoxy) is 2. The Hall–Kier alpha value is -2.53. The first-order chi connectivity index (χ1) is 12.1. The van der Waals surface area contributed by atoms with E-state index in [0.717, 1.165) is 22.6 Å². The molecule has 2 atom stereocenters. The number of amides is 1. The van der Waals surface area contributed by atoms with Gasteiger partial charge in [0.25, 0.3) is 0 Å². The second kappa shape index (κ2) is 7.57. The molecule has 2 aromatic carbocycles. The van der Waals surface area contributed by atoms with Crippen molar-refractivity contribution < 1.29 is 19.4 Å². The maximum absolute atomic E-state index is 12.3. The third kappa shape index (κ3) is 3.77. The van der Waals surface area contributed by atoms with Crippen LogP contribution in [-0.2, 0) is 11.3 Å². The van der Waals surface area contributed by atoms with Crippen molar-refractivity contribution in [3.8, 4) is 11.5 Å². The fourth-order valence-electron chi connectivity index (χ4n) is 3.28. The summed E-state index contributed by atoms with van der Waals surface area (Å²) in [7, 11) is 3.23. The third-order valence-corrected chi connectivity index (χ3v) is 4.68. The number of likely N-dealkylation sites (tertiary alicyclic amines) is 1. The summed E-state index contributed by atoms with van der Waals surface area (Å²) in [4.78, 5) is 14.1. The summed E-state index contributed by atoms with van der Waals surface area (Å²) in [5, 5.41) is 10.8. The lowest BCUT2D eigenvalue weighted by Gasteiger charge is -2.29. The van der Waals surface area contributed by atoms with Gasteiger partial charge in [-0.3, -0.25) is 4.79 Å². The predicted molar refractivity (Wildman–Crippen MR) is 94.5 cm³/mol. The molecule has 1 saturated heterocycles. The number of carbonyl (C=O) groups is 1. The van der Waals surface area contributed by atoms with E-state index in [1.165, 1.54) is 0 Å². The summed E-state index contributed by atoms with van der Waals surface area (Å²) in [5.74, 6) is 1.57. The second-order valence-electron chi connectivity index (χ2n) is 6.20. The van der Waals surface area contributed by atoms with Gasteiger partial charge in [0, 0.05) is 13.0 Å². The molecule has 1 amide bonds. The van der Waals surface area contributed by atoms with Crippen LogP contribution in [0.5, 0.6) is 11.5 Å². The van der Waals surface area contributed by atoms with Crippen LogP contribution >= 0.6 is 0 Å². The van der Waals surface area contributed by atoms with Crippen LogP contribution in [0, 0.1) is 0 Å². The summed E-state index contributed by atoms with van der Waals surface area (Å²) in [6.07, 6.45) is 0.389. The van der Waals surface area contributed by atoms with Crippen molar-refractivity contribution in [3.63, 3.8) is 0 Å². The van der Waals surface area contributed by atoms with E-state index in [0.29, 0.717) is 19.4 Å². The number of aliphatic hydroxyl groups is 1. The Morgan fingerprint density at radius 1 is 1.12 bits per heavy atom. The van der Waals surface area contributed by atoms with Crippen molar-refractivity contribution in [1.82, 2.24) is 4.90 Å². The quantitative estimate of drug-likeness (QED) is 0.878. The highest BCUT2D eigenvalue weighted by molar-refractivity contribution is 5.79. The average Bonchev–Trinajstić information content (AvgIpc) is 3.02. The molecule has 5 nitrogen and oxygen atoms in total. The predicted octanol–water partition coefficient (Wildman–Crippen LogP) is 2.93. The smallest absolute Gasteiger partial charge is 0.223 e. The van der Waals surface area contributed by atoms with E-state index in [4.69, 9.17) is 9.47 Å². The molecule has 1 aliphatic rings. The van der Waals surface area contributed by atoms with Gasteiger partial charge in [-0.1, -0.05) is 24.3 Å². The summed E-state index contributed by atoms with van der Waals surface area (Å²) in [6, 6.07) is 14.8. The highest BCUT2D eigenvalue weighted by atomic mass is 16.5. The third-order valence-electron chi connectivity index (χ3n) is 4.68. The molecule has 0 bridgehead atoms. The molecule has 1 fully saturated rings. The summed E-state index contributed by atoms with van der Waals surface area (Å²) in [5.41, 5.74) is 1.78. The number of rotatable bonds is 6. The minimum atomic E-state index is -0.719. The van der Waals surface area contributed by atoms with Gasteiger partial charge in [-0.15, -0.1) is 0 Å². The Bertz CT molecular complexity index is 729. The van der Waals surface area contributed by atoms with E-state index >= 15 is 0 Å². The molecule has 132 valence electrons. The monoisotopic (exact) mass is 341 g/mol. The van der Waals surface area contributed by atoms with Crippen LogP contribution in [-0.4, -0.2) is 36.2 Å². The zero-order valence-electron chi connectivity index (χ0n) is 14.5. The van der Waals surface area contributed by atoms with E-state index in [2.05, 4.69) is 0 Å². The van der Waals surface area contributed by atoms with Gasteiger partial charge in [0.2, 0.25) is 5.91 Å². The minimum absolute atomic E-state index is 0.0698. The Morgan fingerprint density at radius 2 is 1.84 bits per heavy atom. The highest BCUT2D eigenvalue weighted by Crippen LogP contribution is 2.32. The molecule has 5 heteroatoms. The van der Waals surface area contributed by atoms with E-state index in [1.807, 2.05) is 48.5 Å². The number of hydrogen-bond acceptors (Lipinski definition) is 4. The Kier molecular flexibility index (Phi) is 5.24. The van der Waals surface area contributed by atoms with Crippen molar-refractivity contribution in [1.29, 1.82) is 0 Å². The maximum atomic E-state index is 12.3. The lowest BCUT2D eigenvalue weighted by Crippen LogP contribution is -2.36. The fourth-order valence-corrected chi connectivity index (χ4v) is 3.28. The van der Waals surface area contributed by atoms with Crippen molar-refractivity contribution in [3.05, 3.63) is 59.7 Å². The first-order valence-electron chi connectivity index (χ1n) is 8.37. The van der Waals surface area contributed by atoms with Crippen LogP contribution in [0.1, 0.15) is 30.1 Å². The number of aliphatic hydroxyl groups excluding tert-OH is 1. The van der Waals surface area contributed by atoms with Crippen LogP contribution in [0.25, 0.3) is 0 Å². The Labute approximate surface area is 147 Å². The maximum Gasteiger partial charge on any atom is 0.223 e. The number of methoxy groups -OCH3 is 2. The number of carbonyl (C=O) groups excluding carboxylic acids is 1. The van der Waals surface area contributed by atoms with Crippen LogP contribution in [0.4, 0.5) is 0 Å². The van der Waals surface area contributed by atoms with Gasteiger partial charge in [-0.2, -0.15) is 0 Å². The molecule has 0 spiro atoms. The summed E-state index contributed by atoms with van der Waals surface area (Å²) >= 11 is 0. The first kappa shape index (κ1) is 17.3. The van der Waals surface area contributed by atoms with Gasteiger partial charge in [0.1, 0.15) is 11.5 Å². The molecule has 0 saturated carbocycles. The zero-order valence-corrected chi connectivity index (χ0v) is 14.5. The molecule has 3 rings (SSSR count). The average molecular weight is 341 g/mol. The molecular formula is C20H23NO4. The SMILES string of the molecule is COc1ccc([C@@H](O)[C@H]2CCC(=O)N2Cc2cccc(OC)c2)cc1. The van der Waals surface area contributed by atoms with Crippen LogP contribution in [0.2, 0.25) is 0 Å². The first-order valence-corrected chi connectivity index (χ1v) is 8.37. The van der Waals surface area contributed by atoms with E-state index < -0.39 is 6.10 Å². The molecule has 1 N–H and O–H groups in total. The van der Waals surface area contributed by atoms with Gasteiger partial charge >= 0.3 is 0 Å². The molecule has 0 radical (unpaired) electrons. The van der Waals surface area contributed by atoms with Gasteiger partial charge in [0.15, 0.2) is 0 Å². The summed E-state index contributed by atoms with van der Waals surface area (Å²) in [6.45, 7) is 0.466. The molecule has 25 heavy (non-hydrogen) atoms. The molecule has 1 heterocycles. The minimum Gasteiger partial charge on any atom is -0.497 e. The number of nitrogens with zero attached hydrogens (tertiary/aromatic N) is 1. The lowest BCUT2D eigenvalue weighted by molar-refractivity contribution is -0.131. The molecule has 0 aromatic heterocycles. The zero-order chi connectivity index (χ0) is 17.8. The van der Waals surface area contributed by atoms with Crippen LogP contribution in [0.15, 0.2) is 48.5 Å². The van der Waals surface area contributed by atoms with Crippen molar-refractivity contribution in [2.45, 2.75) is 31.5 Å². The molecule has 2 aromatic rings. The normalized spacial score (nSPS) is 18.3. The molecule has 0 aliphatic carbocycles. The van der Waals surface area contributed by atoms with E-state index in [-0.39, 0.29) is 11.9 Å². The molecule has 1 aliphatic heterocycles. The van der Waals surface area contributed by atoms with Crippen LogP contribution < -0.4 is 9.47 Å². The van der Waals surface area contributed by atoms with Gasteiger partial charge in [-0.25, -0.2) is 0 Å². The lowest BCUT2D eigenvalue weighted by atomic mass is 10.00. The van der Waals surface area contributed by atoms with Crippen LogP contribution in [0.3, 0.4) is 0 Å². The fraction of sp³-hybridized carbons (Fsp3) is 0.350. The molecular weight excluding hydrogens is 318 g/mol. The van der Waals surface area contributed by atoms with Crippen molar-refractivity contribution >= 4 is 5.91 Å². The van der Waals surface area contributed by atoms with Gasteiger partial charge < -0.3 is 19.5 Å². The van der Waals surface area contributed by atoms with E-state index in [9.17, 15) is 9.90 Å². The van der Waals surface area contributed by atoms with E-state index in [1.54, 1.807) is 19.1 Å². The van der Waals surface area contributed by atoms with Gasteiger partial charge in [0.05, 0.1) is 26.4 Å².